The highest BCUT2D eigenvalue weighted by Gasteiger charge is 2.19. The number of carbonyl (C=O) groups is 2. The molecule has 2 N–H and O–H groups in total. The molecule has 3 amide bonds. The molecule has 0 spiro atoms. The fraction of sp³-hybridized carbons (Fsp3) is 0. The maximum atomic E-state index is 13.6. The van der Waals surface area contributed by atoms with Gasteiger partial charge >= 0.3 is 6.03 Å². The van der Waals surface area contributed by atoms with E-state index < -0.39 is 29.1 Å². The number of imide groups is 1. The molecule has 3 rings (SSSR count). The van der Waals surface area contributed by atoms with Crippen molar-refractivity contribution in [1.29, 1.82) is 0 Å². The second-order valence-electron chi connectivity index (χ2n) is 5.44. The first kappa shape index (κ1) is 18.7. The van der Waals surface area contributed by atoms with E-state index in [0.717, 1.165) is 28.2 Å². The highest BCUT2D eigenvalue weighted by Crippen LogP contribution is 2.21. The van der Waals surface area contributed by atoms with Crippen molar-refractivity contribution in [3.05, 3.63) is 82.5 Å². The van der Waals surface area contributed by atoms with Gasteiger partial charge in [-0.2, -0.15) is 0 Å². The zero-order valence-corrected chi connectivity index (χ0v) is 15.3. The molecule has 27 heavy (non-hydrogen) atoms. The van der Waals surface area contributed by atoms with Crippen LogP contribution in [0.15, 0.2) is 65.3 Å². The molecule has 136 valence electrons. The molecule has 0 radical (unpaired) electrons. The van der Waals surface area contributed by atoms with Crippen molar-refractivity contribution in [3.63, 3.8) is 0 Å². The molecule has 0 saturated heterocycles. The molecule has 0 aliphatic carbocycles. The van der Waals surface area contributed by atoms with Crippen LogP contribution < -0.4 is 10.6 Å². The van der Waals surface area contributed by atoms with Crippen LogP contribution in [-0.4, -0.2) is 16.9 Å². The molecule has 2 aromatic carbocycles. The summed E-state index contributed by atoms with van der Waals surface area (Å²) >= 11 is 3.35. The van der Waals surface area contributed by atoms with Gasteiger partial charge in [-0.1, -0.05) is 34.1 Å². The molecule has 0 atom stereocenters. The zero-order chi connectivity index (χ0) is 19.4. The Kier molecular flexibility index (Phi) is 5.56. The predicted molar refractivity (Wildman–Crippen MR) is 100 cm³/mol. The Morgan fingerprint density at radius 3 is 2.19 bits per heavy atom. The number of aromatic nitrogens is 1. The number of anilines is 1. The lowest BCUT2D eigenvalue weighted by Gasteiger charge is -2.08. The summed E-state index contributed by atoms with van der Waals surface area (Å²) in [6.45, 7) is 0. The van der Waals surface area contributed by atoms with Crippen LogP contribution in [0.1, 0.15) is 10.4 Å². The van der Waals surface area contributed by atoms with Gasteiger partial charge in [-0.3, -0.25) is 15.1 Å². The third-order valence-electron chi connectivity index (χ3n) is 3.58. The van der Waals surface area contributed by atoms with Crippen molar-refractivity contribution in [3.8, 4) is 11.3 Å². The van der Waals surface area contributed by atoms with Crippen LogP contribution in [-0.2, 0) is 0 Å². The molecule has 1 heterocycles. The second kappa shape index (κ2) is 8.05. The molecule has 0 fully saturated rings. The summed E-state index contributed by atoms with van der Waals surface area (Å²) < 4.78 is 28.1. The van der Waals surface area contributed by atoms with E-state index in [1.54, 1.807) is 12.1 Å². The Morgan fingerprint density at radius 2 is 1.59 bits per heavy atom. The number of halogens is 3. The fourth-order valence-corrected chi connectivity index (χ4v) is 2.57. The number of nitrogens with zero attached hydrogens (tertiary/aromatic N) is 1. The summed E-state index contributed by atoms with van der Waals surface area (Å²) in [5, 5.41) is 4.26. The zero-order valence-electron chi connectivity index (χ0n) is 13.7. The Balaban J connectivity index is 1.66. The summed E-state index contributed by atoms with van der Waals surface area (Å²) in [6.07, 6.45) is 1.41. The van der Waals surface area contributed by atoms with Crippen LogP contribution >= 0.6 is 15.9 Å². The predicted octanol–water partition coefficient (Wildman–Crippen LogP) is 4.75. The summed E-state index contributed by atoms with van der Waals surface area (Å²) in [4.78, 5) is 28.0. The van der Waals surface area contributed by atoms with Crippen molar-refractivity contribution in [2.24, 2.45) is 0 Å². The van der Waals surface area contributed by atoms with Gasteiger partial charge in [0.1, 0.15) is 17.2 Å². The monoisotopic (exact) mass is 431 g/mol. The van der Waals surface area contributed by atoms with Crippen LogP contribution in [0.4, 0.5) is 19.3 Å². The molecule has 0 saturated carbocycles. The molecule has 5 nitrogen and oxygen atoms in total. The quantitative estimate of drug-likeness (QED) is 0.628. The van der Waals surface area contributed by atoms with Crippen LogP contribution in [0.25, 0.3) is 11.3 Å². The Morgan fingerprint density at radius 1 is 0.926 bits per heavy atom. The first-order valence-corrected chi connectivity index (χ1v) is 8.51. The van der Waals surface area contributed by atoms with Gasteiger partial charge in [0.2, 0.25) is 0 Å². The van der Waals surface area contributed by atoms with Gasteiger partial charge in [0.05, 0.1) is 17.6 Å². The molecular weight excluding hydrogens is 420 g/mol. The summed E-state index contributed by atoms with van der Waals surface area (Å²) in [5.41, 5.74) is 1.07. The number of amides is 3. The van der Waals surface area contributed by atoms with E-state index in [1.807, 2.05) is 29.6 Å². The first-order chi connectivity index (χ1) is 12.9. The van der Waals surface area contributed by atoms with E-state index in [-0.39, 0.29) is 0 Å². The highest BCUT2D eigenvalue weighted by atomic mass is 79.9. The van der Waals surface area contributed by atoms with Gasteiger partial charge < -0.3 is 5.32 Å². The van der Waals surface area contributed by atoms with Gasteiger partial charge in [0, 0.05) is 10.0 Å². The highest BCUT2D eigenvalue weighted by molar-refractivity contribution is 9.10. The fourth-order valence-electron chi connectivity index (χ4n) is 2.30. The SMILES string of the molecule is O=C(NC(=O)c1c(F)cccc1F)Nc1ccc(-c2ccc(Br)cc2)nc1. The third-order valence-corrected chi connectivity index (χ3v) is 4.11. The van der Waals surface area contributed by atoms with Gasteiger partial charge in [-0.25, -0.2) is 13.6 Å². The number of nitrogens with one attached hydrogen (secondary N) is 2. The van der Waals surface area contributed by atoms with Gasteiger partial charge in [0.25, 0.3) is 5.91 Å². The van der Waals surface area contributed by atoms with Gasteiger partial charge in [0.15, 0.2) is 0 Å². The number of pyridine rings is 1. The van der Waals surface area contributed by atoms with E-state index in [1.165, 1.54) is 6.20 Å². The van der Waals surface area contributed by atoms with Crippen molar-refractivity contribution < 1.29 is 18.4 Å². The van der Waals surface area contributed by atoms with Gasteiger partial charge in [-0.05, 0) is 36.4 Å². The van der Waals surface area contributed by atoms with E-state index >= 15 is 0 Å². The van der Waals surface area contributed by atoms with E-state index in [4.69, 9.17) is 0 Å². The van der Waals surface area contributed by atoms with Crippen LogP contribution in [0.5, 0.6) is 0 Å². The average molecular weight is 432 g/mol. The van der Waals surface area contributed by atoms with E-state index in [2.05, 4.69) is 26.2 Å². The largest absolute Gasteiger partial charge is 0.326 e. The Hall–Kier alpha value is -3.13. The van der Waals surface area contributed by atoms with Crippen molar-refractivity contribution >= 4 is 33.6 Å². The molecule has 0 unspecified atom stereocenters. The van der Waals surface area contributed by atoms with Crippen molar-refractivity contribution in [2.75, 3.05) is 5.32 Å². The second-order valence-corrected chi connectivity index (χ2v) is 6.36. The lowest BCUT2D eigenvalue weighted by atomic mass is 10.1. The molecule has 1 aromatic heterocycles. The van der Waals surface area contributed by atoms with Crippen LogP contribution in [0.2, 0.25) is 0 Å². The number of carbonyl (C=O) groups excluding carboxylic acids is 2. The molecule has 0 aliphatic heterocycles. The minimum Gasteiger partial charge on any atom is -0.306 e. The maximum Gasteiger partial charge on any atom is 0.326 e. The molecule has 3 aromatic rings. The van der Waals surface area contributed by atoms with Crippen LogP contribution in [0.3, 0.4) is 0 Å². The smallest absolute Gasteiger partial charge is 0.306 e. The lowest BCUT2D eigenvalue weighted by Crippen LogP contribution is -2.35. The molecule has 8 heteroatoms. The maximum absolute atomic E-state index is 13.6. The van der Waals surface area contributed by atoms with Crippen molar-refractivity contribution in [2.45, 2.75) is 0 Å². The number of urea groups is 1. The first-order valence-electron chi connectivity index (χ1n) is 7.72. The third kappa shape index (κ3) is 4.53. The summed E-state index contributed by atoms with van der Waals surface area (Å²) in [6, 6.07) is 12.9. The molecule has 0 bridgehead atoms. The van der Waals surface area contributed by atoms with Crippen molar-refractivity contribution in [1.82, 2.24) is 10.3 Å². The van der Waals surface area contributed by atoms with E-state index in [0.29, 0.717) is 11.4 Å². The average Bonchev–Trinajstić information content (AvgIpc) is 2.63. The number of rotatable bonds is 3. The standard InChI is InChI=1S/C19H12BrF2N3O2/c20-12-6-4-11(5-7-12)16-9-8-13(10-23-16)24-19(27)25-18(26)17-14(21)2-1-3-15(17)22/h1-10H,(H2,24,25,26,27). The number of hydrogen-bond donors (Lipinski definition) is 2. The lowest BCUT2D eigenvalue weighted by molar-refractivity contribution is 0.0959. The molecular formula is C19H12BrF2N3O2. The van der Waals surface area contributed by atoms with Gasteiger partial charge in [-0.15, -0.1) is 0 Å². The Bertz CT molecular complexity index is 973. The Labute approximate surface area is 161 Å². The summed E-state index contributed by atoms with van der Waals surface area (Å²) in [5.74, 6) is -3.29. The topological polar surface area (TPSA) is 71.1 Å². The minimum absolute atomic E-state index is 0.315. The normalized spacial score (nSPS) is 10.3. The number of hydrogen-bond acceptors (Lipinski definition) is 3. The minimum atomic E-state index is -1.18. The van der Waals surface area contributed by atoms with Crippen LogP contribution in [0, 0.1) is 11.6 Å². The molecule has 0 aliphatic rings. The summed E-state index contributed by atoms with van der Waals surface area (Å²) in [7, 11) is 0. The van der Waals surface area contributed by atoms with E-state index in [9.17, 15) is 18.4 Å². The number of benzene rings is 2.